The van der Waals surface area contributed by atoms with Gasteiger partial charge in [0.15, 0.2) is 5.96 Å². The van der Waals surface area contributed by atoms with E-state index in [0.717, 1.165) is 51.4 Å². The maximum Gasteiger partial charge on any atom is 0.193 e. The summed E-state index contributed by atoms with van der Waals surface area (Å²) in [7, 11) is 1.98. The van der Waals surface area contributed by atoms with E-state index in [-0.39, 0.29) is 24.0 Å². The van der Waals surface area contributed by atoms with Crippen LogP contribution in [0.1, 0.15) is 42.9 Å². The number of aromatic nitrogens is 3. The van der Waals surface area contributed by atoms with Gasteiger partial charge in [0.05, 0.1) is 6.20 Å². The Morgan fingerprint density at radius 1 is 1.30 bits per heavy atom. The van der Waals surface area contributed by atoms with E-state index in [4.69, 9.17) is 4.99 Å². The third-order valence-electron chi connectivity index (χ3n) is 5.93. The number of benzene rings is 1. The van der Waals surface area contributed by atoms with E-state index >= 15 is 0 Å². The molecule has 1 fully saturated rings. The van der Waals surface area contributed by atoms with Crippen molar-refractivity contribution in [1.82, 2.24) is 25.0 Å². The quantitative estimate of drug-likeness (QED) is 0.293. The number of fused-ring (bicyclic) bond motifs is 1. The van der Waals surface area contributed by atoms with Crippen LogP contribution in [0.2, 0.25) is 0 Å². The van der Waals surface area contributed by atoms with Crippen LogP contribution in [0.15, 0.2) is 41.8 Å². The summed E-state index contributed by atoms with van der Waals surface area (Å²) in [6.45, 7) is 8.07. The second-order valence-electron chi connectivity index (χ2n) is 7.87. The third kappa shape index (κ3) is 4.82. The van der Waals surface area contributed by atoms with Crippen molar-refractivity contribution in [2.45, 2.75) is 39.0 Å². The lowest BCUT2D eigenvalue weighted by atomic mass is 10.0. The van der Waals surface area contributed by atoms with Gasteiger partial charge in [0.25, 0.3) is 0 Å². The molecule has 7 heteroatoms. The van der Waals surface area contributed by atoms with Crippen molar-refractivity contribution in [3.05, 3.63) is 53.5 Å². The minimum atomic E-state index is 0. The summed E-state index contributed by atoms with van der Waals surface area (Å²) in [6.07, 6.45) is 9.44. The first kappa shape index (κ1) is 22.7. The van der Waals surface area contributed by atoms with Gasteiger partial charge >= 0.3 is 0 Å². The van der Waals surface area contributed by atoms with Gasteiger partial charge in [-0.1, -0.05) is 25.1 Å². The summed E-state index contributed by atoms with van der Waals surface area (Å²) < 4.78 is 1.89. The first-order valence-electron chi connectivity index (χ1n) is 10.8. The van der Waals surface area contributed by atoms with E-state index < -0.39 is 0 Å². The van der Waals surface area contributed by atoms with E-state index in [0.29, 0.717) is 5.92 Å². The number of halogens is 1. The van der Waals surface area contributed by atoms with Crippen LogP contribution in [0.4, 0.5) is 0 Å². The van der Waals surface area contributed by atoms with Crippen LogP contribution in [-0.2, 0) is 19.9 Å². The van der Waals surface area contributed by atoms with Gasteiger partial charge in [-0.2, -0.15) is 5.10 Å². The number of aromatic amines is 1. The zero-order chi connectivity index (χ0) is 20.2. The van der Waals surface area contributed by atoms with Crippen LogP contribution >= 0.6 is 24.0 Å². The molecule has 3 aromatic rings. The molecular weight excluding hydrogens is 487 g/mol. The van der Waals surface area contributed by atoms with Crippen LogP contribution in [0.25, 0.3) is 10.9 Å². The lowest BCUT2D eigenvalue weighted by Crippen LogP contribution is -2.40. The lowest BCUT2D eigenvalue weighted by Gasteiger charge is -2.21. The molecule has 1 aromatic carbocycles. The zero-order valence-corrected chi connectivity index (χ0v) is 20.5. The molecule has 1 unspecified atom stereocenters. The molecule has 2 N–H and O–H groups in total. The highest BCUT2D eigenvalue weighted by molar-refractivity contribution is 14.0. The fourth-order valence-electron chi connectivity index (χ4n) is 4.36. The monoisotopic (exact) mass is 520 g/mol. The molecule has 0 spiro atoms. The van der Waals surface area contributed by atoms with Crippen molar-refractivity contribution in [2.75, 3.05) is 26.2 Å². The normalized spacial score (nSPS) is 16.8. The Kier molecular flexibility index (Phi) is 7.80. The predicted octanol–water partition coefficient (Wildman–Crippen LogP) is 4.08. The van der Waals surface area contributed by atoms with E-state index in [1.54, 1.807) is 0 Å². The summed E-state index contributed by atoms with van der Waals surface area (Å²) in [4.78, 5) is 10.8. The highest BCUT2D eigenvalue weighted by atomic mass is 127. The Hall–Kier alpha value is -2.03. The number of hydrogen-bond acceptors (Lipinski definition) is 2. The number of para-hydroxylation sites is 1. The Labute approximate surface area is 196 Å². The standard InChI is InChI=1S/C23H32N6.HI/c1-4-17-7-6-8-21-18(13-26-22(17)21)9-11-25-23(24-5-2)29-12-10-19(16-29)20-14-27-28(3)15-20;/h6-8,13-15,19,26H,4-5,9-12,16H2,1-3H3,(H,24,25);1H. The second-order valence-corrected chi connectivity index (χ2v) is 7.87. The molecular formula is C23H33IN6. The Bertz CT molecular complexity index is 989. The van der Waals surface area contributed by atoms with Crippen molar-refractivity contribution < 1.29 is 0 Å². The third-order valence-corrected chi connectivity index (χ3v) is 5.93. The minimum absolute atomic E-state index is 0. The Morgan fingerprint density at radius 3 is 2.90 bits per heavy atom. The van der Waals surface area contributed by atoms with E-state index in [9.17, 15) is 0 Å². The number of guanidine groups is 1. The summed E-state index contributed by atoms with van der Waals surface area (Å²) in [5.41, 5.74) is 5.34. The van der Waals surface area contributed by atoms with Crippen LogP contribution in [-0.4, -0.2) is 51.8 Å². The summed E-state index contributed by atoms with van der Waals surface area (Å²) >= 11 is 0. The minimum Gasteiger partial charge on any atom is -0.361 e. The molecule has 2 aromatic heterocycles. The number of hydrogen-bond donors (Lipinski definition) is 2. The number of likely N-dealkylation sites (tertiary alicyclic amines) is 1. The second kappa shape index (κ2) is 10.3. The van der Waals surface area contributed by atoms with E-state index in [2.05, 4.69) is 64.7 Å². The molecule has 3 heterocycles. The van der Waals surface area contributed by atoms with Gasteiger partial charge in [0.1, 0.15) is 0 Å². The van der Waals surface area contributed by atoms with Gasteiger partial charge in [-0.15, -0.1) is 24.0 Å². The SMILES string of the molecule is CCNC(=NCCc1c[nH]c2c(CC)cccc12)N1CCC(c2cnn(C)c2)C1.I. The number of aryl methyl sites for hydroxylation is 2. The molecule has 4 rings (SSSR count). The number of H-pyrrole nitrogens is 1. The zero-order valence-electron chi connectivity index (χ0n) is 18.2. The molecule has 0 aliphatic carbocycles. The fraction of sp³-hybridized carbons (Fsp3) is 0.478. The molecule has 162 valence electrons. The van der Waals surface area contributed by atoms with Gasteiger partial charge in [-0.25, -0.2) is 0 Å². The summed E-state index contributed by atoms with van der Waals surface area (Å²) in [5.74, 6) is 1.57. The fourth-order valence-corrected chi connectivity index (χ4v) is 4.36. The molecule has 0 saturated carbocycles. The first-order chi connectivity index (χ1) is 14.2. The first-order valence-corrected chi connectivity index (χ1v) is 10.8. The molecule has 6 nitrogen and oxygen atoms in total. The lowest BCUT2D eigenvalue weighted by molar-refractivity contribution is 0.486. The van der Waals surface area contributed by atoms with Crippen molar-refractivity contribution in [2.24, 2.45) is 12.0 Å². The molecule has 0 radical (unpaired) electrons. The Morgan fingerprint density at radius 2 is 2.17 bits per heavy atom. The highest BCUT2D eigenvalue weighted by Gasteiger charge is 2.26. The molecule has 30 heavy (non-hydrogen) atoms. The van der Waals surface area contributed by atoms with Gasteiger partial charge in [0.2, 0.25) is 0 Å². The number of rotatable bonds is 6. The molecule has 1 saturated heterocycles. The summed E-state index contributed by atoms with van der Waals surface area (Å²) in [6, 6.07) is 6.58. The Balaban J connectivity index is 0.00000256. The topological polar surface area (TPSA) is 61.2 Å². The van der Waals surface area contributed by atoms with Crippen molar-refractivity contribution in [3.8, 4) is 0 Å². The maximum atomic E-state index is 4.95. The van der Waals surface area contributed by atoms with Crippen LogP contribution in [0, 0.1) is 0 Å². The number of nitrogens with zero attached hydrogens (tertiary/aromatic N) is 4. The molecule has 0 amide bonds. The van der Waals surface area contributed by atoms with Gasteiger partial charge in [-0.3, -0.25) is 9.67 Å². The molecule has 1 aliphatic rings. The van der Waals surface area contributed by atoms with Crippen LogP contribution < -0.4 is 5.32 Å². The van der Waals surface area contributed by atoms with E-state index in [1.165, 1.54) is 27.6 Å². The van der Waals surface area contributed by atoms with Gasteiger partial charge < -0.3 is 15.2 Å². The average Bonchev–Trinajstić information content (AvgIpc) is 3.46. The van der Waals surface area contributed by atoms with Crippen molar-refractivity contribution in [1.29, 1.82) is 0 Å². The number of aliphatic imine (C=N–C) groups is 1. The highest BCUT2D eigenvalue weighted by Crippen LogP contribution is 2.27. The predicted molar refractivity (Wildman–Crippen MR) is 135 cm³/mol. The number of nitrogens with one attached hydrogen (secondary N) is 2. The smallest absolute Gasteiger partial charge is 0.193 e. The van der Waals surface area contributed by atoms with Crippen molar-refractivity contribution in [3.63, 3.8) is 0 Å². The van der Waals surface area contributed by atoms with Gasteiger partial charge in [-0.05, 0) is 42.9 Å². The van der Waals surface area contributed by atoms with E-state index in [1.807, 2.05) is 17.9 Å². The molecule has 0 bridgehead atoms. The molecule has 1 atom stereocenters. The maximum absolute atomic E-state index is 4.95. The van der Waals surface area contributed by atoms with Gasteiger partial charge in [0, 0.05) is 62.4 Å². The summed E-state index contributed by atoms with van der Waals surface area (Å²) in [5, 5.41) is 9.15. The largest absolute Gasteiger partial charge is 0.361 e. The average molecular weight is 520 g/mol. The van der Waals surface area contributed by atoms with Crippen LogP contribution in [0.3, 0.4) is 0 Å². The molecule has 1 aliphatic heterocycles. The van der Waals surface area contributed by atoms with Crippen molar-refractivity contribution >= 4 is 40.8 Å². The van der Waals surface area contributed by atoms with Crippen LogP contribution in [0.5, 0.6) is 0 Å².